The normalized spacial score (nSPS) is 9.69. The summed E-state index contributed by atoms with van der Waals surface area (Å²) in [5, 5.41) is 61.5. The van der Waals surface area contributed by atoms with Gasteiger partial charge in [0.2, 0.25) is 11.5 Å². The van der Waals surface area contributed by atoms with E-state index in [1.54, 1.807) is 0 Å². The fourth-order valence-corrected chi connectivity index (χ4v) is 2.10. The van der Waals surface area contributed by atoms with Gasteiger partial charge >= 0.3 is 11.4 Å². The minimum atomic E-state index is -1.34. The van der Waals surface area contributed by atoms with E-state index >= 15 is 0 Å². The van der Waals surface area contributed by atoms with Crippen molar-refractivity contribution < 1.29 is 29.9 Å². The van der Waals surface area contributed by atoms with Crippen molar-refractivity contribution in [1.82, 2.24) is 12.3 Å². The van der Waals surface area contributed by atoms with Crippen LogP contribution in [0.3, 0.4) is 0 Å². The molecule has 0 radical (unpaired) electrons. The number of hydrogen-bond donors (Lipinski definition) is 4. The largest absolute Gasteiger partial charge is 0.501 e. The van der Waals surface area contributed by atoms with Gasteiger partial charge in [-0.25, -0.2) is 0 Å². The van der Waals surface area contributed by atoms with Crippen LogP contribution in [0.25, 0.3) is 10.8 Å². The van der Waals surface area contributed by atoms with E-state index in [-0.39, 0.29) is 24.4 Å². The number of nitrogens with zero attached hydrogens (tertiary/aromatic N) is 4. The predicted octanol–water partition coefficient (Wildman–Crippen LogP) is 2.21. The number of phenolic OH excluding ortho intramolecular Hbond substituents is 2. The van der Waals surface area contributed by atoms with Crippen LogP contribution in [-0.4, -0.2) is 29.9 Å². The quantitative estimate of drug-likeness (QED) is 0.442. The van der Waals surface area contributed by atoms with Crippen molar-refractivity contribution in [1.29, 1.82) is 0 Å². The maximum Gasteiger partial charge on any atom is 0.318 e. The number of nitro benzene ring substituents is 4. The van der Waals surface area contributed by atoms with Gasteiger partial charge in [-0.05, 0) is 0 Å². The van der Waals surface area contributed by atoms with E-state index in [0.717, 1.165) is 0 Å². The summed E-state index contributed by atoms with van der Waals surface area (Å²) in [5.74, 6) is -2.67. The Labute approximate surface area is 141 Å². The molecule has 8 N–H and O–H groups in total. The lowest BCUT2D eigenvalue weighted by Gasteiger charge is -2.06. The van der Waals surface area contributed by atoms with Gasteiger partial charge in [-0.3, -0.25) is 40.5 Å². The molecule has 0 saturated heterocycles. The Bertz CT molecular complexity index is 880. The molecule has 0 fully saturated rings. The average molecular weight is 374 g/mol. The first-order chi connectivity index (χ1) is 11.1. The van der Waals surface area contributed by atoms with E-state index in [4.69, 9.17) is 0 Å². The number of non-ortho nitro benzene ring substituents is 2. The molecule has 16 heteroatoms. The first-order valence-electron chi connectivity index (χ1n) is 5.71. The fraction of sp³-hybridized carbons (Fsp3) is 0. The molecular weight excluding hydrogens is 364 g/mol. The van der Waals surface area contributed by atoms with E-state index < -0.39 is 64.7 Å². The van der Waals surface area contributed by atoms with Crippen LogP contribution in [-0.2, 0) is 0 Å². The molecule has 0 unspecified atom stereocenters. The Morgan fingerprint density at radius 3 is 1.00 bits per heavy atom. The molecule has 16 nitrogen and oxygen atoms in total. The minimum absolute atomic E-state index is 0. The summed E-state index contributed by atoms with van der Waals surface area (Å²) in [6.45, 7) is 0. The van der Waals surface area contributed by atoms with Gasteiger partial charge in [-0.1, -0.05) is 0 Å². The van der Waals surface area contributed by atoms with Gasteiger partial charge in [0.1, 0.15) is 10.8 Å². The fourth-order valence-electron chi connectivity index (χ4n) is 2.10. The van der Waals surface area contributed by atoms with Crippen LogP contribution in [0.2, 0.25) is 0 Å². The molecule has 0 aliphatic rings. The second kappa shape index (κ2) is 7.15. The molecule has 140 valence electrons. The first kappa shape index (κ1) is 21.8. The van der Waals surface area contributed by atoms with Gasteiger partial charge in [-0.15, -0.1) is 0 Å². The topological polar surface area (TPSA) is 283 Å². The number of hydrogen-bond acceptors (Lipinski definition) is 12. The van der Waals surface area contributed by atoms with E-state index in [2.05, 4.69) is 0 Å². The van der Waals surface area contributed by atoms with Gasteiger partial charge in [0, 0.05) is 0 Å². The number of phenols is 2. The zero-order chi connectivity index (χ0) is 18.3. The predicted molar refractivity (Wildman–Crippen MR) is 83.9 cm³/mol. The molecule has 2 aromatic rings. The number of rotatable bonds is 4. The van der Waals surface area contributed by atoms with Gasteiger partial charge < -0.3 is 22.5 Å². The minimum Gasteiger partial charge on any atom is -0.501 e. The highest BCUT2D eigenvalue weighted by atomic mass is 16.6. The summed E-state index contributed by atoms with van der Waals surface area (Å²) in [5.41, 5.74) is -4.88. The lowest BCUT2D eigenvalue weighted by Crippen LogP contribution is -2.00. The molecule has 0 aliphatic heterocycles. The average Bonchev–Trinajstić information content (AvgIpc) is 2.46. The highest BCUT2D eigenvalue weighted by Crippen LogP contribution is 2.50. The van der Waals surface area contributed by atoms with Crippen molar-refractivity contribution >= 4 is 33.5 Å². The highest BCUT2D eigenvalue weighted by Gasteiger charge is 2.36. The molecule has 0 aromatic heterocycles. The molecule has 0 amide bonds. The van der Waals surface area contributed by atoms with Crippen molar-refractivity contribution in [3.63, 3.8) is 0 Å². The van der Waals surface area contributed by atoms with E-state index in [0.29, 0.717) is 0 Å². The van der Waals surface area contributed by atoms with Crippen LogP contribution in [0.1, 0.15) is 0 Å². The van der Waals surface area contributed by atoms with Crippen LogP contribution >= 0.6 is 0 Å². The Morgan fingerprint density at radius 1 is 0.577 bits per heavy atom. The number of benzene rings is 2. The summed E-state index contributed by atoms with van der Waals surface area (Å²) < 4.78 is 0. The second-order valence-electron chi connectivity index (χ2n) is 4.31. The van der Waals surface area contributed by atoms with Gasteiger partial charge in [0.25, 0.3) is 11.4 Å². The summed E-state index contributed by atoms with van der Waals surface area (Å²) in [7, 11) is 0. The van der Waals surface area contributed by atoms with Crippen molar-refractivity contribution in [3.05, 3.63) is 52.6 Å². The summed E-state index contributed by atoms with van der Waals surface area (Å²) in [6.07, 6.45) is 0. The molecule has 26 heavy (non-hydrogen) atoms. The molecule has 0 atom stereocenters. The first-order valence-corrected chi connectivity index (χ1v) is 5.71. The third kappa shape index (κ3) is 3.07. The van der Waals surface area contributed by atoms with Crippen molar-refractivity contribution in [2.75, 3.05) is 0 Å². The number of fused-ring (bicyclic) bond motifs is 1. The second-order valence-corrected chi connectivity index (χ2v) is 4.31. The van der Waals surface area contributed by atoms with Gasteiger partial charge in [0.15, 0.2) is 0 Å². The molecule has 0 aliphatic carbocycles. The molecule has 0 spiro atoms. The van der Waals surface area contributed by atoms with Crippen molar-refractivity contribution in [2.45, 2.75) is 0 Å². The monoisotopic (exact) mass is 374 g/mol. The van der Waals surface area contributed by atoms with Crippen LogP contribution in [0, 0.1) is 40.5 Å². The van der Waals surface area contributed by atoms with Gasteiger partial charge in [-0.2, -0.15) is 0 Å². The standard InChI is InChI=1S/C10H4N4O10.2H3N/c15-9-5(13(21)22)1-3(11(17)18)7-8(9)4(12(19)20)2-6(10(7)16)14(23)24;;/h1-2,15-16H;2*1H3. The summed E-state index contributed by atoms with van der Waals surface area (Å²) in [4.78, 5) is 38.9. The van der Waals surface area contributed by atoms with Crippen molar-refractivity contribution in [2.24, 2.45) is 0 Å². The Kier molecular flexibility index (Phi) is 6.00. The maximum atomic E-state index is 11.1. The number of nitro groups is 4. The SMILES string of the molecule is N.N.O=[N+]([O-])c1cc([N+](=O)[O-])c2c(O)c([N+](=O)[O-])cc([N+](=O)[O-])c2c1O. The third-order valence-electron chi connectivity index (χ3n) is 3.05. The summed E-state index contributed by atoms with van der Waals surface area (Å²) in [6, 6.07) is 0.482. The van der Waals surface area contributed by atoms with Crippen molar-refractivity contribution in [3.8, 4) is 11.5 Å². The summed E-state index contributed by atoms with van der Waals surface area (Å²) >= 11 is 0. The Balaban J connectivity index is 0.00000312. The van der Waals surface area contributed by atoms with E-state index in [1.807, 2.05) is 0 Å². The van der Waals surface area contributed by atoms with E-state index in [1.165, 1.54) is 0 Å². The van der Waals surface area contributed by atoms with Crippen LogP contribution in [0.15, 0.2) is 12.1 Å². The number of aromatic hydroxyl groups is 2. The van der Waals surface area contributed by atoms with Crippen LogP contribution < -0.4 is 12.3 Å². The van der Waals surface area contributed by atoms with Gasteiger partial charge in [0.05, 0.1) is 31.8 Å². The Hall–Kier alpha value is -4.18. The molecule has 2 aromatic carbocycles. The molecule has 0 bridgehead atoms. The molecule has 0 heterocycles. The lowest BCUT2D eigenvalue weighted by atomic mass is 10.0. The zero-order valence-corrected chi connectivity index (χ0v) is 12.5. The molecule has 2 rings (SSSR count). The highest BCUT2D eigenvalue weighted by molar-refractivity contribution is 6.09. The molecule has 0 saturated carbocycles. The lowest BCUT2D eigenvalue weighted by molar-refractivity contribution is -0.396. The van der Waals surface area contributed by atoms with Crippen LogP contribution in [0.5, 0.6) is 11.5 Å². The Morgan fingerprint density at radius 2 is 0.808 bits per heavy atom. The van der Waals surface area contributed by atoms with E-state index in [9.17, 15) is 50.7 Å². The third-order valence-corrected chi connectivity index (χ3v) is 3.05. The zero-order valence-electron chi connectivity index (χ0n) is 12.5. The van der Waals surface area contributed by atoms with Crippen LogP contribution in [0.4, 0.5) is 22.7 Å². The molecular formula is C10H10N6O10. The maximum absolute atomic E-state index is 11.1. The smallest absolute Gasteiger partial charge is 0.318 e.